The standard InChI is InChI=1S/C15H14O2S/c16-15(12-5-6-12)10-18(17)14-8-7-11-3-1-2-4-13(11)9-14/h1-4,7-9,12H,5-6,10H2. The van der Waals surface area contributed by atoms with Crippen molar-refractivity contribution in [3.63, 3.8) is 0 Å². The van der Waals surface area contributed by atoms with E-state index in [0.29, 0.717) is 0 Å². The van der Waals surface area contributed by atoms with Crippen molar-refractivity contribution in [1.82, 2.24) is 0 Å². The molecular weight excluding hydrogens is 244 g/mol. The fourth-order valence-electron chi connectivity index (χ4n) is 2.04. The predicted octanol–water partition coefficient (Wildman–Crippen LogP) is 2.93. The minimum absolute atomic E-state index is 0.154. The fraction of sp³-hybridized carbons (Fsp3) is 0.267. The van der Waals surface area contributed by atoms with Crippen LogP contribution in [-0.4, -0.2) is 15.7 Å². The van der Waals surface area contributed by atoms with Gasteiger partial charge in [0, 0.05) is 10.8 Å². The van der Waals surface area contributed by atoms with E-state index in [9.17, 15) is 9.00 Å². The molecule has 92 valence electrons. The van der Waals surface area contributed by atoms with Crippen LogP contribution in [0.15, 0.2) is 47.4 Å². The van der Waals surface area contributed by atoms with E-state index >= 15 is 0 Å². The Morgan fingerprint density at radius 1 is 1.11 bits per heavy atom. The van der Waals surface area contributed by atoms with E-state index in [2.05, 4.69) is 0 Å². The number of carbonyl (C=O) groups excluding carboxylic acids is 1. The number of ketones is 1. The smallest absolute Gasteiger partial charge is 0.148 e. The average molecular weight is 258 g/mol. The Labute approximate surface area is 108 Å². The maximum atomic E-state index is 12.1. The van der Waals surface area contributed by atoms with Gasteiger partial charge >= 0.3 is 0 Å². The third-order valence-corrected chi connectivity index (χ3v) is 4.62. The van der Waals surface area contributed by atoms with Gasteiger partial charge in [-0.2, -0.15) is 0 Å². The molecule has 0 bridgehead atoms. The lowest BCUT2D eigenvalue weighted by atomic mass is 10.1. The first kappa shape index (κ1) is 11.6. The van der Waals surface area contributed by atoms with Gasteiger partial charge in [-0.25, -0.2) is 0 Å². The number of fused-ring (bicyclic) bond motifs is 1. The van der Waals surface area contributed by atoms with E-state index < -0.39 is 10.8 Å². The van der Waals surface area contributed by atoms with Crippen LogP contribution in [0.1, 0.15) is 12.8 Å². The molecule has 0 saturated heterocycles. The summed E-state index contributed by atoms with van der Waals surface area (Å²) in [6.07, 6.45) is 1.96. The first-order valence-electron chi connectivity index (χ1n) is 6.14. The van der Waals surface area contributed by atoms with Crippen molar-refractivity contribution in [1.29, 1.82) is 0 Å². The summed E-state index contributed by atoms with van der Waals surface area (Å²) < 4.78 is 12.1. The Hall–Kier alpha value is -1.48. The molecule has 0 spiro atoms. The van der Waals surface area contributed by atoms with E-state index in [0.717, 1.165) is 28.5 Å². The van der Waals surface area contributed by atoms with Crippen molar-refractivity contribution in [3.8, 4) is 0 Å². The lowest BCUT2D eigenvalue weighted by Gasteiger charge is -2.03. The number of benzene rings is 2. The topological polar surface area (TPSA) is 34.1 Å². The second kappa shape index (κ2) is 4.65. The normalized spacial score (nSPS) is 16.7. The summed E-state index contributed by atoms with van der Waals surface area (Å²) >= 11 is 0. The zero-order chi connectivity index (χ0) is 12.5. The molecule has 0 radical (unpaired) electrons. The average Bonchev–Trinajstić information content (AvgIpc) is 3.22. The number of hydrogen-bond acceptors (Lipinski definition) is 2. The second-order valence-corrected chi connectivity index (χ2v) is 6.19. The second-order valence-electron chi connectivity index (χ2n) is 4.74. The maximum Gasteiger partial charge on any atom is 0.148 e. The van der Waals surface area contributed by atoms with Gasteiger partial charge in [0.2, 0.25) is 0 Å². The van der Waals surface area contributed by atoms with Crippen molar-refractivity contribution in [2.24, 2.45) is 5.92 Å². The molecular formula is C15H14O2S. The minimum Gasteiger partial charge on any atom is -0.298 e. The molecule has 2 aromatic rings. The van der Waals surface area contributed by atoms with Crippen molar-refractivity contribution < 1.29 is 9.00 Å². The number of carbonyl (C=O) groups is 1. The lowest BCUT2D eigenvalue weighted by molar-refractivity contribution is -0.117. The summed E-state index contributed by atoms with van der Waals surface area (Å²) in [5.41, 5.74) is 0. The molecule has 0 amide bonds. The van der Waals surface area contributed by atoms with Gasteiger partial charge in [0.15, 0.2) is 0 Å². The van der Waals surface area contributed by atoms with Crippen LogP contribution in [0, 0.1) is 5.92 Å². The van der Waals surface area contributed by atoms with E-state index in [4.69, 9.17) is 0 Å². The van der Waals surface area contributed by atoms with Gasteiger partial charge in [-0.15, -0.1) is 0 Å². The fourth-order valence-corrected chi connectivity index (χ4v) is 3.18. The number of rotatable bonds is 4. The van der Waals surface area contributed by atoms with Crippen LogP contribution in [0.2, 0.25) is 0 Å². The van der Waals surface area contributed by atoms with E-state index in [1.165, 1.54) is 0 Å². The Balaban J connectivity index is 1.84. The van der Waals surface area contributed by atoms with Gasteiger partial charge in [0.1, 0.15) is 5.78 Å². The van der Waals surface area contributed by atoms with Gasteiger partial charge in [-0.05, 0) is 35.7 Å². The van der Waals surface area contributed by atoms with Crippen molar-refractivity contribution >= 4 is 27.4 Å². The summed E-state index contributed by atoms with van der Waals surface area (Å²) in [5.74, 6) is 0.513. The molecule has 1 aliphatic rings. The summed E-state index contributed by atoms with van der Waals surface area (Å²) in [6, 6.07) is 13.7. The van der Waals surface area contributed by atoms with Crippen molar-refractivity contribution in [3.05, 3.63) is 42.5 Å². The summed E-state index contributed by atoms with van der Waals surface area (Å²) in [4.78, 5) is 12.4. The highest BCUT2D eigenvalue weighted by Gasteiger charge is 2.30. The molecule has 18 heavy (non-hydrogen) atoms. The van der Waals surface area contributed by atoms with Crippen LogP contribution in [0.5, 0.6) is 0 Å². The third-order valence-electron chi connectivity index (χ3n) is 3.29. The first-order chi connectivity index (χ1) is 8.74. The summed E-state index contributed by atoms with van der Waals surface area (Å²) in [5, 5.41) is 2.20. The molecule has 2 aromatic carbocycles. The van der Waals surface area contributed by atoms with E-state index in [-0.39, 0.29) is 17.5 Å². The molecule has 0 aliphatic heterocycles. The Kier molecular flexibility index (Phi) is 3.00. The Bertz CT molecular complexity index is 629. The van der Waals surface area contributed by atoms with Gasteiger partial charge < -0.3 is 0 Å². The highest BCUT2D eigenvalue weighted by Crippen LogP contribution is 2.30. The van der Waals surface area contributed by atoms with Gasteiger partial charge in [-0.3, -0.25) is 9.00 Å². The van der Waals surface area contributed by atoms with Crippen LogP contribution in [0.4, 0.5) is 0 Å². The van der Waals surface area contributed by atoms with Crippen LogP contribution in [0.3, 0.4) is 0 Å². The van der Waals surface area contributed by atoms with Crippen molar-refractivity contribution in [2.45, 2.75) is 17.7 Å². The Morgan fingerprint density at radius 2 is 1.83 bits per heavy atom. The molecule has 3 heteroatoms. The molecule has 2 nitrogen and oxygen atoms in total. The highest BCUT2D eigenvalue weighted by molar-refractivity contribution is 7.85. The summed E-state index contributed by atoms with van der Waals surface area (Å²) in [6.45, 7) is 0. The Morgan fingerprint density at radius 3 is 2.56 bits per heavy atom. The number of Topliss-reactive ketones (excluding diaryl/α,β-unsaturated/α-hetero) is 1. The largest absolute Gasteiger partial charge is 0.298 e. The van der Waals surface area contributed by atoms with Crippen LogP contribution >= 0.6 is 0 Å². The van der Waals surface area contributed by atoms with Crippen LogP contribution in [0.25, 0.3) is 10.8 Å². The van der Waals surface area contributed by atoms with Crippen LogP contribution in [-0.2, 0) is 15.6 Å². The monoisotopic (exact) mass is 258 g/mol. The van der Waals surface area contributed by atoms with Crippen LogP contribution < -0.4 is 0 Å². The van der Waals surface area contributed by atoms with E-state index in [1.807, 2.05) is 42.5 Å². The first-order valence-corrected chi connectivity index (χ1v) is 7.46. The molecule has 3 rings (SSSR count). The van der Waals surface area contributed by atoms with Gasteiger partial charge in [0.25, 0.3) is 0 Å². The zero-order valence-electron chi connectivity index (χ0n) is 9.96. The molecule has 1 aliphatic carbocycles. The van der Waals surface area contributed by atoms with E-state index in [1.54, 1.807) is 0 Å². The molecule has 0 heterocycles. The third kappa shape index (κ3) is 2.36. The van der Waals surface area contributed by atoms with Gasteiger partial charge in [-0.1, -0.05) is 30.3 Å². The maximum absolute atomic E-state index is 12.1. The minimum atomic E-state index is -1.20. The van der Waals surface area contributed by atoms with Gasteiger partial charge in [0.05, 0.1) is 16.6 Å². The molecule has 1 saturated carbocycles. The zero-order valence-corrected chi connectivity index (χ0v) is 10.8. The highest BCUT2D eigenvalue weighted by atomic mass is 32.2. The molecule has 1 unspecified atom stereocenters. The molecule has 1 atom stereocenters. The van der Waals surface area contributed by atoms with Crippen molar-refractivity contribution in [2.75, 3.05) is 5.75 Å². The molecule has 1 fully saturated rings. The lowest BCUT2D eigenvalue weighted by Crippen LogP contribution is -2.12. The SMILES string of the molecule is O=C(CS(=O)c1ccc2ccccc2c1)C1CC1. The molecule has 0 N–H and O–H groups in total. The predicted molar refractivity (Wildman–Crippen MR) is 73.0 cm³/mol. The molecule has 0 aromatic heterocycles. The quantitative estimate of drug-likeness (QED) is 0.845. The number of hydrogen-bond donors (Lipinski definition) is 0. The summed E-state index contributed by atoms with van der Waals surface area (Å²) in [7, 11) is -1.20.